The summed E-state index contributed by atoms with van der Waals surface area (Å²) < 4.78 is 13.8. The van der Waals surface area contributed by atoms with Crippen molar-refractivity contribution in [3.63, 3.8) is 0 Å². The number of pyridine rings is 1. The fourth-order valence-electron chi connectivity index (χ4n) is 1.51. The molecule has 0 bridgehead atoms. The van der Waals surface area contributed by atoms with Gasteiger partial charge in [-0.3, -0.25) is 4.79 Å². The van der Waals surface area contributed by atoms with Gasteiger partial charge in [0.25, 0.3) is 5.91 Å². The molecule has 0 fully saturated rings. The number of carbonyl (C=O) groups is 1. The van der Waals surface area contributed by atoms with Crippen LogP contribution in [0.5, 0.6) is 0 Å². The molecule has 3 nitrogen and oxygen atoms in total. The van der Waals surface area contributed by atoms with E-state index in [4.69, 9.17) is 23.2 Å². The Morgan fingerprint density at radius 1 is 1.35 bits per heavy atom. The molecular weight excluding hydrogens is 370 g/mol. The Bertz CT molecular complexity index is 694. The molecule has 2 rings (SSSR count). The van der Waals surface area contributed by atoms with Crippen LogP contribution in [0.15, 0.2) is 28.9 Å². The van der Waals surface area contributed by atoms with Crippen LogP contribution in [0.1, 0.15) is 15.9 Å². The smallest absolute Gasteiger partial charge is 0.258 e. The van der Waals surface area contributed by atoms with Gasteiger partial charge in [0, 0.05) is 9.50 Å². The summed E-state index contributed by atoms with van der Waals surface area (Å²) in [6.07, 6.45) is 0.942. The van der Waals surface area contributed by atoms with Crippen LogP contribution in [0.3, 0.4) is 0 Å². The molecule has 1 amide bonds. The molecule has 0 unspecified atom stereocenters. The van der Waals surface area contributed by atoms with Gasteiger partial charge in [-0.25, -0.2) is 9.37 Å². The van der Waals surface area contributed by atoms with Gasteiger partial charge in [-0.1, -0.05) is 23.2 Å². The lowest BCUT2D eigenvalue weighted by molar-refractivity contribution is 0.102. The predicted octanol–water partition coefficient (Wildman–Crippen LogP) is 4.85. The molecule has 7 heteroatoms. The van der Waals surface area contributed by atoms with Crippen LogP contribution in [0.25, 0.3) is 0 Å². The average molecular weight is 378 g/mol. The van der Waals surface area contributed by atoms with Gasteiger partial charge < -0.3 is 5.32 Å². The summed E-state index contributed by atoms with van der Waals surface area (Å²) in [6, 6.07) is 4.39. The maximum Gasteiger partial charge on any atom is 0.258 e. The highest BCUT2D eigenvalue weighted by Crippen LogP contribution is 2.29. The number of amides is 1. The predicted molar refractivity (Wildman–Crippen MR) is 81.0 cm³/mol. The highest BCUT2D eigenvalue weighted by Gasteiger charge is 2.15. The lowest BCUT2D eigenvalue weighted by Crippen LogP contribution is -2.14. The number of hydrogen-bond acceptors (Lipinski definition) is 2. The zero-order chi connectivity index (χ0) is 14.9. The Morgan fingerprint density at radius 3 is 2.75 bits per heavy atom. The number of hydrogen-bond donors (Lipinski definition) is 1. The molecule has 0 radical (unpaired) electrons. The summed E-state index contributed by atoms with van der Waals surface area (Å²) in [4.78, 5) is 15.7. The van der Waals surface area contributed by atoms with Crippen LogP contribution in [0.2, 0.25) is 10.2 Å². The van der Waals surface area contributed by atoms with Crippen LogP contribution in [-0.2, 0) is 0 Å². The molecule has 1 aromatic carbocycles. The molecule has 0 saturated carbocycles. The van der Waals surface area contributed by atoms with Crippen molar-refractivity contribution in [3.05, 3.63) is 56.0 Å². The fraction of sp³-hybridized carbons (Fsp3) is 0.0769. The first-order valence-corrected chi connectivity index (χ1v) is 7.01. The minimum atomic E-state index is -0.638. The molecule has 0 saturated heterocycles. The normalized spacial score (nSPS) is 10.4. The number of benzene rings is 1. The van der Waals surface area contributed by atoms with Crippen molar-refractivity contribution in [2.75, 3.05) is 5.32 Å². The van der Waals surface area contributed by atoms with Gasteiger partial charge in [0.15, 0.2) is 0 Å². The summed E-state index contributed by atoms with van der Waals surface area (Å²) in [6.45, 7) is 1.84. The van der Waals surface area contributed by atoms with Gasteiger partial charge in [-0.2, -0.15) is 0 Å². The molecule has 0 atom stereocenters. The molecule has 0 aliphatic heterocycles. The molecule has 0 aliphatic carbocycles. The number of aromatic nitrogens is 1. The van der Waals surface area contributed by atoms with Crippen molar-refractivity contribution in [2.45, 2.75) is 6.92 Å². The van der Waals surface area contributed by atoms with E-state index < -0.39 is 11.7 Å². The average Bonchev–Trinajstić information content (AvgIpc) is 2.38. The van der Waals surface area contributed by atoms with Crippen molar-refractivity contribution in [2.24, 2.45) is 0 Å². The summed E-state index contributed by atoms with van der Waals surface area (Å²) in [5.74, 6) is -1.21. The Labute approximate surface area is 133 Å². The number of nitrogens with zero attached hydrogens (tertiary/aromatic N) is 1. The Balaban J connectivity index is 2.32. The van der Waals surface area contributed by atoms with Gasteiger partial charge in [0.2, 0.25) is 0 Å². The molecule has 2 aromatic rings. The minimum Gasteiger partial charge on any atom is -0.321 e. The number of carbonyl (C=O) groups excluding carboxylic acids is 1. The Morgan fingerprint density at radius 2 is 2.05 bits per heavy atom. The quantitative estimate of drug-likeness (QED) is 0.760. The van der Waals surface area contributed by atoms with Crippen molar-refractivity contribution in [1.29, 1.82) is 0 Å². The first kappa shape index (κ1) is 15.2. The molecule has 0 aliphatic rings. The zero-order valence-electron chi connectivity index (χ0n) is 10.2. The first-order valence-electron chi connectivity index (χ1n) is 5.46. The topological polar surface area (TPSA) is 42.0 Å². The Kier molecular flexibility index (Phi) is 4.62. The second-order valence-corrected chi connectivity index (χ2v) is 5.65. The monoisotopic (exact) mass is 376 g/mol. The molecule has 1 aromatic heterocycles. The van der Waals surface area contributed by atoms with Crippen molar-refractivity contribution in [3.8, 4) is 0 Å². The summed E-state index contributed by atoms with van der Waals surface area (Å²) >= 11 is 15.1. The number of aryl methyl sites for hydroxylation is 1. The van der Waals surface area contributed by atoms with Gasteiger partial charge >= 0.3 is 0 Å². The van der Waals surface area contributed by atoms with Crippen molar-refractivity contribution in [1.82, 2.24) is 4.98 Å². The molecular formula is C13H8BrCl2FN2O. The highest BCUT2D eigenvalue weighted by atomic mass is 79.9. The van der Waals surface area contributed by atoms with Crippen LogP contribution < -0.4 is 5.32 Å². The van der Waals surface area contributed by atoms with Gasteiger partial charge in [0.05, 0.1) is 17.4 Å². The van der Waals surface area contributed by atoms with Crippen molar-refractivity contribution >= 4 is 50.7 Å². The van der Waals surface area contributed by atoms with E-state index >= 15 is 0 Å². The third kappa shape index (κ3) is 3.29. The summed E-state index contributed by atoms with van der Waals surface area (Å²) in [5.41, 5.74) is 1.28. The van der Waals surface area contributed by atoms with Crippen LogP contribution >= 0.6 is 39.1 Å². The van der Waals surface area contributed by atoms with E-state index in [1.165, 1.54) is 0 Å². The van der Waals surface area contributed by atoms with E-state index in [-0.39, 0.29) is 10.7 Å². The second-order valence-electron chi connectivity index (χ2n) is 4.03. The molecule has 20 heavy (non-hydrogen) atoms. The summed E-state index contributed by atoms with van der Waals surface area (Å²) in [7, 11) is 0. The van der Waals surface area contributed by atoms with E-state index in [9.17, 15) is 9.18 Å². The number of rotatable bonds is 2. The third-order valence-corrected chi connectivity index (χ3v) is 3.91. The van der Waals surface area contributed by atoms with Gasteiger partial charge in [-0.05, 0) is 46.6 Å². The molecule has 0 spiro atoms. The van der Waals surface area contributed by atoms with Crippen LogP contribution in [0, 0.1) is 12.7 Å². The molecule has 104 valence electrons. The third-order valence-electron chi connectivity index (χ3n) is 2.55. The van der Waals surface area contributed by atoms with Crippen LogP contribution in [-0.4, -0.2) is 10.9 Å². The SMILES string of the molecule is Cc1cc(Br)c(NC(=O)c2cc(F)cnc2Cl)cc1Cl. The number of halogens is 4. The molecule has 1 N–H and O–H groups in total. The second kappa shape index (κ2) is 6.08. The molecule has 1 heterocycles. The maximum atomic E-state index is 13.1. The van der Waals surface area contributed by atoms with Gasteiger partial charge in [0.1, 0.15) is 11.0 Å². The van der Waals surface area contributed by atoms with E-state index in [1.807, 2.05) is 6.92 Å². The lowest BCUT2D eigenvalue weighted by atomic mass is 10.2. The summed E-state index contributed by atoms with van der Waals surface area (Å²) in [5, 5.41) is 3.04. The van der Waals surface area contributed by atoms with E-state index in [1.54, 1.807) is 12.1 Å². The zero-order valence-corrected chi connectivity index (χ0v) is 13.3. The van der Waals surface area contributed by atoms with E-state index in [2.05, 4.69) is 26.2 Å². The minimum absolute atomic E-state index is 0.0461. The van der Waals surface area contributed by atoms with E-state index in [0.29, 0.717) is 15.2 Å². The number of nitrogens with one attached hydrogen (secondary N) is 1. The standard InChI is InChI=1S/C13H8BrCl2FN2O/c1-6-2-9(14)11(4-10(6)15)19-13(20)8-3-7(17)5-18-12(8)16/h2-5H,1H3,(H,19,20). The Hall–Kier alpha value is -1.17. The largest absolute Gasteiger partial charge is 0.321 e. The van der Waals surface area contributed by atoms with Gasteiger partial charge in [-0.15, -0.1) is 0 Å². The fourth-order valence-corrected chi connectivity index (χ4v) is 2.42. The maximum absolute atomic E-state index is 13.1. The van der Waals surface area contributed by atoms with Crippen LogP contribution in [0.4, 0.5) is 10.1 Å². The highest BCUT2D eigenvalue weighted by molar-refractivity contribution is 9.10. The number of anilines is 1. The lowest BCUT2D eigenvalue weighted by Gasteiger charge is -2.10. The first-order chi connectivity index (χ1) is 9.38. The van der Waals surface area contributed by atoms with E-state index in [0.717, 1.165) is 17.8 Å². The van der Waals surface area contributed by atoms with Crippen molar-refractivity contribution < 1.29 is 9.18 Å².